The molecule has 0 amide bonds. The molecule has 0 bridgehead atoms. The van der Waals surface area contributed by atoms with Crippen molar-refractivity contribution in [3.63, 3.8) is 0 Å². The smallest absolute Gasteiger partial charge is 0.138 e. The lowest BCUT2D eigenvalue weighted by Gasteiger charge is -2.01. The highest BCUT2D eigenvalue weighted by atomic mass is 15.5. The van der Waals surface area contributed by atoms with E-state index in [4.69, 9.17) is 5.73 Å². The molecule has 5 heteroatoms. The average molecular weight is 189 g/mol. The van der Waals surface area contributed by atoms with Gasteiger partial charge in [-0.15, -0.1) is 5.10 Å². The summed E-state index contributed by atoms with van der Waals surface area (Å²) in [6.45, 7) is 1.27. The van der Waals surface area contributed by atoms with Gasteiger partial charge >= 0.3 is 0 Å². The number of nitrogens with zero attached hydrogens (tertiary/aromatic N) is 4. The van der Waals surface area contributed by atoms with Crippen LogP contribution >= 0.6 is 0 Å². The first kappa shape index (κ1) is 8.83. The Morgan fingerprint density at radius 2 is 1.86 bits per heavy atom. The fourth-order valence-corrected chi connectivity index (χ4v) is 1.22. The first-order chi connectivity index (χ1) is 6.88. The second kappa shape index (κ2) is 3.97. The van der Waals surface area contributed by atoms with Gasteiger partial charge in [-0.3, -0.25) is 0 Å². The monoisotopic (exact) mass is 189 g/mol. The first-order valence-electron chi connectivity index (χ1n) is 4.37. The zero-order valence-electron chi connectivity index (χ0n) is 7.67. The van der Waals surface area contributed by atoms with E-state index in [2.05, 4.69) is 15.5 Å². The van der Waals surface area contributed by atoms with Crippen LogP contribution in [-0.4, -0.2) is 20.2 Å². The van der Waals surface area contributed by atoms with Crippen LogP contribution < -0.4 is 5.73 Å². The van der Waals surface area contributed by atoms with Crippen molar-refractivity contribution in [3.05, 3.63) is 41.7 Å². The highest BCUT2D eigenvalue weighted by Gasteiger charge is 1.96. The van der Waals surface area contributed by atoms with Gasteiger partial charge in [0.15, 0.2) is 0 Å². The molecule has 0 aliphatic heterocycles. The van der Waals surface area contributed by atoms with Crippen LogP contribution in [0.5, 0.6) is 0 Å². The fraction of sp³-hybridized carbons (Fsp3) is 0.222. The molecule has 2 rings (SSSR count). The van der Waals surface area contributed by atoms with Crippen LogP contribution in [0.4, 0.5) is 0 Å². The lowest BCUT2D eigenvalue weighted by molar-refractivity contribution is 0.648. The van der Waals surface area contributed by atoms with Gasteiger partial charge in [-0.1, -0.05) is 24.3 Å². The van der Waals surface area contributed by atoms with Crippen molar-refractivity contribution >= 4 is 0 Å². The molecule has 5 nitrogen and oxygen atoms in total. The van der Waals surface area contributed by atoms with Crippen LogP contribution in [0, 0.1) is 0 Å². The van der Waals surface area contributed by atoms with Crippen LogP contribution in [0.3, 0.4) is 0 Å². The maximum Gasteiger partial charge on any atom is 0.138 e. The van der Waals surface area contributed by atoms with Crippen LogP contribution in [-0.2, 0) is 13.1 Å². The van der Waals surface area contributed by atoms with Crippen LogP contribution in [0.2, 0.25) is 0 Å². The Morgan fingerprint density at radius 1 is 1.14 bits per heavy atom. The second-order valence-electron chi connectivity index (χ2n) is 3.03. The third-order valence-electron chi connectivity index (χ3n) is 1.99. The van der Waals surface area contributed by atoms with Gasteiger partial charge in [-0.25, -0.2) is 4.68 Å². The molecule has 2 N–H and O–H groups in total. The van der Waals surface area contributed by atoms with Crippen molar-refractivity contribution in [3.8, 4) is 0 Å². The molecular weight excluding hydrogens is 178 g/mol. The number of hydrogen-bond donors (Lipinski definition) is 1. The molecule has 0 saturated carbocycles. The summed E-state index contributed by atoms with van der Waals surface area (Å²) < 4.78 is 1.68. The van der Waals surface area contributed by atoms with E-state index >= 15 is 0 Å². The van der Waals surface area contributed by atoms with Crippen molar-refractivity contribution in [2.75, 3.05) is 0 Å². The largest absolute Gasteiger partial charge is 0.326 e. The number of benzene rings is 1. The Balaban J connectivity index is 2.10. The van der Waals surface area contributed by atoms with Gasteiger partial charge < -0.3 is 5.73 Å². The quantitative estimate of drug-likeness (QED) is 0.747. The minimum absolute atomic E-state index is 0.575. The Labute approximate surface area is 81.5 Å². The van der Waals surface area contributed by atoms with Gasteiger partial charge in [0.05, 0.1) is 6.54 Å². The summed E-state index contributed by atoms with van der Waals surface area (Å²) in [5.74, 6) is 0. The highest BCUT2D eigenvalue weighted by molar-refractivity contribution is 5.22. The van der Waals surface area contributed by atoms with Crippen molar-refractivity contribution < 1.29 is 0 Å². The molecule has 72 valence electrons. The molecule has 0 aliphatic carbocycles. The molecule has 1 heterocycles. The Morgan fingerprint density at radius 3 is 2.43 bits per heavy atom. The number of aromatic nitrogens is 4. The normalized spacial score (nSPS) is 10.4. The second-order valence-corrected chi connectivity index (χ2v) is 3.03. The molecule has 2 aromatic rings. The van der Waals surface area contributed by atoms with Gasteiger partial charge in [-0.2, -0.15) is 0 Å². The molecule has 0 unspecified atom stereocenters. The zero-order chi connectivity index (χ0) is 9.80. The summed E-state index contributed by atoms with van der Waals surface area (Å²) >= 11 is 0. The Kier molecular flexibility index (Phi) is 2.51. The SMILES string of the molecule is NCc1ccc(Cn2cnnn2)cc1. The molecule has 1 aromatic heterocycles. The van der Waals surface area contributed by atoms with Crippen LogP contribution in [0.1, 0.15) is 11.1 Å². The van der Waals surface area contributed by atoms with Crippen LogP contribution in [0.15, 0.2) is 30.6 Å². The minimum atomic E-state index is 0.575. The predicted octanol–water partition coefficient (Wildman–Crippen LogP) is 0.180. The number of tetrazole rings is 1. The van der Waals surface area contributed by atoms with Gasteiger partial charge in [0.2, 0.25) is 0 Å². The van der Waals surface area contributed by atoms with E-state index < -0.39 is 0 Å². The average Bonchev–Trinajstić information content (AvgIpc) is 2.72. The minimum Gasteiger partial charge on any atom is -0.326 e. The molecule has 0 spiro atoms. The third-order valence-corrected chi connectivity index (χ3v) is 1.99. The summed E-state index contributed by atoms with van der Waals surface area (Å²) in [5.41, 5.74) is 7.79. The van der Waals surface area contributed by atoms with Gasteiger partial charge in [0.1, 0.15) is 6.33 Å². The van der Waals surface area contributed by atoms with E-state index in [0.717, 1.165) is 11.1 Å². The van der Waals surface area contributed by atoms with E-state index in [1.54, 1.807) is 11.0 Å². The van der Waals surface area contributed by atoms with Gasteiger partial charge in [0, 0.05) is 6.54 Å². The zero-order valence-corrected chi connectivity index (χ0v) is 7.67. The number of nitrogens with two attached hydrogens (primary N) is 1. The van der Waals surface area contributed by atoms with E-state index in [1.165, 1.54) is 0 Å². The topological polar surface area (TPSA) is 69.6 Å². The van der Waals surface area contributed by atoms with Crippen LogP contribution in [0.25, 0.3) is 0 Å². The molecule has 0 fully saturated rings. The molecule has 0 aliphatic rings. The van der Waals surface area contributed by atoms with Gasteiger partial charge in [0.25, 0.3) is 0 Å². The number of hydrogen-bond acceptors (Lipinski definition) is 4. The highest BCUT2D eigenvalue weighted by Crippen LogP contribution is 2.04. The predicted molar refractivity (Wildman–Crippen MR) is 51.3 cm³/mol. The van der Waals surface area contributed by atoms with E-state index in [1.807, 2.05) is 24.3 Å². The standard InChI is InChI=1S/C9H11N5/c10-5-8-1-3-9(4-2-8)6-14-7-11-12-13-14/h1-4,7H,5-6,10H2. The van der Waals surface area contributed by atoms with Crippen molar-refractivity contribution in [1.82, 2.24) is 20.2 Å². The summed E-state index contributed by atoms with van der Waals surface area (Å²) in [6.07, 6.45) is 1.59. The first-order valence-corrected chi connectivity index (χ1v) is 4.37. The summed E-state index contributed by atoms with van der Waals surface area (Å²) in [5, 5.41) is 10.9. The molecule has 0 saturated heterocycles. The molecule has 1 aromatic carbocycles. The van der Waals surface area contributed by atoms with Gasteiger partial charge in [-0.05, 0) is 21.6 Å². The van der Waals surface area contributed by atoms with Crippen molar-refractivity contribution in [2.45, 2.75) is 13.1 Å². The van der Waals surface area contributed by atoms with E-state index in [-0.39, 0.29) is 0 Å². The molecule has 14 heavy (non-hydrogen) atoms. The maximum absolute atomic E-state index is 5.50. The summed E-state index contributed by atoms with van der Waals surface area (Å²) in [7, 11) is 0. The lowest BCUT2D eigenvalue weighted by Crippen LogP contribution is -2.01. The molecule has 0 radical (unpaired) electrons. The maximum atomic E-state index is 5.50. The fourth-order valence-electron chi connectivity index (χ4n) is 1.22. The Bertz CT molecular complexity index is 378. The van der Waals surface area contributed by atoms with Crippen molar-refractivity contribution in [2.24, 2.45) is 5.73 Å². The number of rotatable bonds is 3. The summed E-state index contributed by atoms with van der Waals surface area (Å²) in [4.78, 5) is 0. The lowest BCUT2D eigenvalue weighted by atomic mass is 10.1. The summed E-state index contributed by atoms with van der Waals surface area (Å²) in [6, 6.07) is 8.09. The van der Waals surface area contributed by atoms with E-state index in [9.17, 15) is 0 Å². The van der Waals surface area contributed by atoms with E-state index in [0.29, 0.717) is 13.1 Å². The molecule has 0 atom stereocenters. The Hall–Kier alpha value is -1.75. The third kappa shape index (κ3) is 1.94. The van der Waals surface area contributed by atoms with Crippen molar-refractivity contribution in [1.29, 1.82) is 0 Å². The molecular formula is C9H11N5.